The minimum Gasteiger partial charge on any atom is -0.445 e. The minimum atomic E-state index is -1.06. The second-order valence-corrected chi connectivity index (χ2v) is 10.1. The molecule has 2 aliphatic rings. The fourth-order valence-electron chi connectivity index (χ4n) is 5.95. The van der Waals surface area contributed by atoms with Crippen molar-refractivity contribution in [2.45, 2.75) is 37.5 Å². The fourth-order valence-corrected chi connectivity index (χ4v) is 5.95. The maximum absolute atomic E-state index is 12.8. The standard InChI is InChI=1S/C28H34N4O4/c1-31-14-19(11-22-21-9-6-10-24-26(21)20(12-25(22)31)15-32(24)2)13-29-27(34)23(16-33)30-28(35)36-17-18-7-4-3-5-8-18/h3-10,15,19,22-23,25,33H,11-14,16-17H2,1-2H3,(H,29,34)(H,30,35)/t19-,22?,23-,25+/m0/s1. The number of hydrogen-bond donors (Lipinski definition) is 3. The van der Waals surface area contributed by atoms with Crippen LogP contribution in [0.15, 0.2) is 54.7 Å². The molecule has 36 heavy (non-hydrogen) atoms. The molecule has 1 aromatic heterocycles. The first-order chi connectivity index (χ1) is 17.4. The van der Waals surface area contributed by atoms with Gasteiger partial charge in [0.2, 0.25) is 5.91 Å². The highest BCUT2D eigenvalue weighted by Gasteiger charge is 2.39. The van der Waals surface area contributed by atoms with E-state index in [1.165, 1.54) is 22.0 Å². The molecule has 190 valence electrons. The van der Waals surface area contributed by atoms with Crippen LogP contribution >= 0.6 is 0 Å². The van der Waals surface area contributed by atoms with Gasteiger partial charge in [-0.05, 0) is 48.6 Å². The van der Waals surface area contributed by atoms with E-state index in [9.17, 15) is 14.7 Å². The summed E-state index contributed by atoms with van der Waals surface area (Å²) in [5.74, 6) is 0.268. The first-order valence-corrected chi connectivity index (χ1v) is 12.6. The van der Waals surface area contributed by atoms with Crippen molar-refractivity contribution in [3.63, 3.8) is 0 Å². The lowest BCUT2D eigenvalue weighted by Gasteiger charge is -2.45. The molecule has 0 saturated carbocycles. The van der Waals surface area contributed by atoms with E-state index in [4.69, 9.17) is 4.74 Å². The topological polar surface area (TPSA) is 95.8 Å². The Labute approximate surface area is 211 Å². The Kier molecular flexibility index (Phi) is 6.98. The van der Waals surface area contributed by atoms with Crippen LogP contribution < -0.4 is 10.6 Å². The van der Waals surface area contributed by atoms with Gasteiger partial charge in [-0.3, -0.25) is 4.79 Å². The van der Waals surface area contributed by atoms with Crippen LogP contribution in [0.3, 0.4) is 0 Å². The Morgan fingerprint density at radius 3 is 2.72 bits per heavy atom. The van der Waals surface area contributed by atoms with Crippen molar-refractivity contribution in [1.29, 1.82) is 0 Å². The third-order valence-electron chi connectivity index (χ3n) is 7.69. The largest absolute Gasteiger partial charge is 0.445 e. The molecule has 1 saturated heterocycles. The van der Waals surface area contributed by atoms with Crippen molar-refractivity contribution in [3.8, 4) is 0 Å². The van der Waals surface area contributed by atoms with Gasteiger partial charge < -0.3 is 29.9 Å². The van der Waals surface area contributed by atoms with E-state index in [1.807, 2.05) is 30.3 Å². The smallest absolute Gasteiger partial charge is 0.408 e. The van der Waals surface area contributed by atoms with Crippen LogP contribution in [0.2, 0.25) is 0 Å². The summed E-state index contributed by atoms with van der Waals surface area (Å²) >= 11 is 0. The van der Waals surface area contributed by atoms with Crippen LogP contribution in [-0.4, -0.2) is 65.4 Å². The number of fused-ring (bicyclic) bond motifs is 2. The van der Waals surface area contributed by atoms with Gasteiger partial charge in [-0.1, -0.05) is 42.5 Å². The van der Waals surface area contributed by atoms with Crippen molar-refractivity contribution < 1.29 is 19.4 Å². The normalized spacial score (nSPS) is 22.0. The zero-order valence-electron chi connectivity index (χ0n) is 20.8. The second kappa shape index (κ2) is 10.3. The fraction of sp³-hybridized carbons (Fsp3) is 0.429. The van der Waals surface area contributed by atoms with Gasteiger partial charge in [0.25, 0.3) is 0 Å². The van der Waals surface area contributed by atoms with E-state index < -0.39 is 24.6 Å². The molecule has 8 heteroatoms. The number of ether oxygens (including phenoxy) is 1. The predicted octanol–water partition coefficient (Wildman–Crippen LogP) is 2.54. The average molecular weight is 491 g/mol. The van der Waals surface area contributed by atoms with E-state index in [-0.39, 0.29) is 12.5 Å². The number of hydrogen-bond acceptors (Lipinski definition) is 5. The van der Waals surface area contributed by atoms with Gasteiger partial charge >= 0.3 is 6.09 Å². The van der Waals surface area contributed by atoms with E-state index in [0.29, 0.717) is 18.5 Å². The molecule has 3 aromatic rings. The number of benzene rings is 2. The number of rotatable bonds is 7. The number of likely N-dealkylation sites (tertiary alicyclic amines) is 1. The zero-order chi connectivity index (χ0) is 25.2. The van der Waals surface area contributed by atoms with E-state index in [1.54, 1.807) is 0 Å². The molecule has 1 fully saturated rings. The summed E-state index contributed by atoms with van der Waals surface area (Å²) in [6, 6.07) is 15.3. The van der Waals surface area contributed by atoms with Crippen LogP contribution in [0.25, 0.3) is 10.9 Å². The lowest BCUT2D eigenvalue weighted by molar-refractivity contribution is -0.124. The van der Waals surface area contributed by atoms with Gasteiger partial charge in [-0.2, -0.15) is 0 Å². The number of aromatic nitrogens is 1. The van der Waals surface area contributed by atoms with Crippen LogP contribution in [0.1, 0.15) is 29.0 Å². The summed E-state index contributed by atoms with van der Waals surface area (Å²) in [7, 11) is 4.27. The van der Waals surface area contributed by atoms with Gasteiger partial charge in [0, 0.05) is 49.2 Å². The van der Waals surface area contributed by atoms with Crippen molar-refractivity contribution in [1.82, 2.24) is 20.1 Å². The van der Waals surface area contributed by atoms with Crippen molar-refractivity contribution >= 4 is 22.9 Å². The molecular weight excluding hydrogens is 456 g/mol. The number of aryl methyl sites for hydroxylation is 1. The Bertz CT molecular complexity index is 1240. The summed E-state index contributed by atoms with van der Waals surface area (Å²) in [6.45, 7) is 0.969. The number of carbonyl (C=O) groups is 2. The monoisotopic (exact) mass is 490 g/mol. The van der Waals surface area contributed by atoms with Crippen LogP contribution in [-0.2, 0) is 29.6 Å². The maximum atomic E-state index is 12.8. The first kappa shape index (κ1) is 24.3. The summed E-state index contributed by atoms with van der Waals surface area (Å²) < 4.78 is 7.41. The zero-order valence-corrected chi connectivity index (χ0v) is 20.8. The SMILES string of the molecule is CN1C[C@H](CNC(=O)[C@H](CO)NC(=O)OCc2ccccc2)CC2c3cccc4c3c(cn4C)C[C@H]21. The van der Waals surface area contributed by atoms with Crippen LogP contribution in [0.4, 0.5) is 4.79 Å². The minimum absolute atomic E-state index is 0.0965. The van der Waals surface area contributed by atoms with Crippen LogP contribution in [0.5, 0.6) is 0 Å². The highest BCUT2D eigenvalue weighted by Crippen LogP contribution is 2.44. The third-order valence-corrected chi connectivity index (χ3v) is 7.69. The van der Waals surface area contributed by atoms with Crippen molar-refractivity contribution in [2.75, 3.05) is 26.7 Å². The number of carbonyl (C=O) groups excluding carboxylic acids is 2. The molecule has 0 bridgehead atoms. The third kappa shape index (κ3) is 4.83. The number of aliphatic hydroxyl groups is 1. The quantitative estimate of drug-likeness (QED) is 0.473. The van der Waals surface area contributed by atoms with Gasteiger partial charge in [0.05, 0.1) is 6.61 Å². The summed E-state index contributed by atoms with van der Waals surface area (Å²) in [5.41, 5.74) is 4.94. The molecule has 2 aromatic carbocycles. The highest BCUT2D eigenvalue weighted by molar-refractivity contribution is 5.89. The summed E-state index contributed by atoms with van der Waals surface area (Å²) in [5, 5.41) is 16.5. The van der Waals surface area contributed by atoms with Crippen molar-refractivity contribution in [3.05, 3.63) is 71.4 Å². The lowest BCUT2D eigenvalue weighted by Crippen LogP contribution is -2.53. The van der Waals surface area contributed by atoms with Crippen LogP contribution in [0, 0.1) is 5.92 Å². The number of alkyl carbamates (subject to hydrolysis) is 1. The number of likely N-dealkylation sites (N-methyl/N-ethyl adjacent to an activating group) is 1. The summed E-state index contributed by atoms with van der Waals surface area (Å²) in [4.78, 5) is 27.3. The van der Waals surface area contributed by atoms with Gasteiger partial charge in [-0.15, -0.1) is 0 Å². The lowest BCUT2D eigenvalue weighted by atomic mass is 9.72. The molecule has 1 aliphatic heterocycles. The van der Waals surface area contributed by atoms with Crippen molar-refractivity contribution in [2.24, 2.45) is 13.0 Å². The number of amides is 2. The first-order valence-electron chi connectivity index (χ1n) is 12.6. The van der Waals surface area contributed by atoms with E-state index >= 15 is 0 Å². The molecular formula is C28H34N4O4. The molecule has 0 radical (unpaired) electrons. The molecule has 1 unspecified atom stereocenters. The maximum Gasteiger partial charge on any atom is 0.408 e. The van der Waals surface area contributed by atoms with Gasteiger partial charge in [-0.25, -0.2) is 4.79 Å². The number of piperidine rings is 1. The second-order valence-electron chi connectivity index (χ2n) is 10.1. The Hall–Kier alpha value is -3.36. The van der Waals surface area contributed by atoms with Gasteiger partial charge in [0.1, 0.15) is 12.6 Å². The molecule has 0 spiro atoms. The number of nitrogens with zero attached hydrogens (tertiary/aromatic N) is 2. The van der Waals surface area contributed by atoms with E-state index in [2.05, 4.69) is 58.6 Å². The Balaban J connectivity index is 1.18. The molecule has 3 N–H and O–H groups in total. The summed E-state index contributed by atoms with van der Waals surface area (Å²) in [6.07, 6.45) is 3.55. The van der Waals surface area contributed by atoms with Gasteiger partial charge in [0.15, 0.2) is 0 Å². The molecule has 5 rings (SSSR count). The molecule has 1 aliphatic carbocycles. The molecule has 2 heterocycles. The average Bonchev–Trinajstić information content (AvgIpc) is 3.22. The molecule has 4 atom stereocenters. The predicted molar refractivity (Wildman–Crippen MR) is 138 cm³/mol. The number of aliphatic hydroxyl groups excluding tert-OH is 1. The Morgan fingerprint density at radius 1 is 1.14 bits per heavy atom. The number of nitrogens with one attached hydrogen (secondary N) is 2. The van der Waals surface area contributed by atoms with E-state index in [0.717, 1.165) is 24.9 Å². The Morgan fingerprint density at radius 2 is 1.94 bits per heavy atom. The molecule has 8 nitrogen and oxygen atoms in total. The highest BCUT2D eigenvalue weighted by atomic mass is 16.5. The molecule has 2 amide bonds.